The van der Waals surface area contributed by atoms with E-state index in [-0.39, 0.29) is 12.4 Å². The Labute approximate surface area is 116 Å². The molecular formula is C13H19F3N2O2. The van der Waals surface area contributed by atoms with Crippen LogP contribution in [0.1, 0.15) is 11.6 Å². The van der Waals surface area contributed by atoms with Gasteiger partial charge in [-0.25, -0.2) is 0 Å². The highest BCUT2D eigenvalue weighted by molar-refractivity contribution is 5.30. The van der Waals surface area contributed by atoms with Gasteiger partial charge in [0.15, 0.2) is 0 Å². The van der Waals surface area contributed by atoms with Crippen molar-refractivity contribution < 1.29 is 23.0 Å². The number of hydrogen-bond acceptors (Lipinski definition) is 4. The lowest BCUT2D eigenvalue weighted by Gasteiger charge is -2.19. The third-order valence-electron chi connectivity index (χ3n) is 2.63. The van der Waals surface area contributed by atoms with E-state index in [2.05, 4.69) is 10.1 Å². The molecule has 7 heteroatoms. The number of nitrogens with zero attached hydrogens (tertiary/aromatic N) is 1. The van der Waals surface area contributed by atoms with Crippen LogP contribution in [0.4, 0.5) is 13.2 Å². The number of halogens is 3. The molecule has 0 aliphatic carbocycles. The maximum absolute atomic E-state index is 12.2. The van der Waals surface area contributed by atoms with Crippen LogP contribution in [0, 0.1) is 0 Å². The molecular weight excluding hydrogens is 273 g/mol. The summed E-state index contributed by atoms with van der Waals surface area (Å²) in [4.78, 5) is 1.96. The zero-order valence-corrected chi connectivity index (χ0v) is 11.4. The highest BCUT2D eigenvalue weighted by Crippen LogP contribution is 2.25. The summed E-state index contributed by atoms with van der Waals surface area (Å²) in [5, 5.41) is 12.4. The molecule has 4 nitrogen and oxygen atoms in total. The van der Waals surface area contributed by atoms with Crippen molar-refractivity contribution >= 4 is 0 Å². The second-order valence-corrected chi connectivity index (χ2v) is 4.61. The van der Waals surface area contributed by atoms with Gasteiger partial charge in [-0.15, -0.1) is 13.2 Å². The Hall–Kier alpha value is -1.31. The molecule has 1 rings (SSSR count). The quantitative estimate of drug-likeness (QED) is 0.804. The van der Waals surface area contributed by atoms with Crippen LogP contribution in [0.3, 0.4) is 0 Å². The van der Waals surface area contributed by atoms with E-state index in [1.807, 2.05) is 19.0 Å². The zero-order chi connectivity index (χ0) is 15.2. The van der Waals surface area contributed by atoms with Crippen LogP contribution in [0.15, 0.2) is 24.3 Å². The lowest BCUT2D eigenvalue weighted by molar-refractivity contribution is -0.274. The van der Waals surface area contributed by atoms with Crippen molar-refractivity contribution in [2.45, 2.75) is 12.4 Å². The first-order valence-electron chi connectivity index (χ1n) is 6.16. The van der Waals surface area contributed by atoms with Crippen LogP contribution in [0.5, 0.6) is 5.75 Å². The molecule has 1 atom stereocenters. The summed E-state index contributed by atoms with van der Waals surface area (Å²) in [5.41, 5.74) is 0.549. The normalized spacial score (nSPS) is 13.6. The maximum Gasteiger partial charge on any atom is 0.573 e. The van der Waals surface area contributed by atoms with E-state index in [0.717, 1.165) is 6.54 Å². The maximum atomic E-state index is 12.2. The van der Waals surface area contributed by atoms with Crippen LogP contribution >= 0.6 is 0 Å². The summed E-state index contributed by atoms with van der Waals surface area (Å²) < 4.78 is 40.3. The van der Waals surface area contributed by atoms with Crippen molar-refractivity contribution in [2.75, 3.05) is 33.8 Å². The lowest BCUT2D eigenvalue weighted by atomic mass is 10.1. The fraction of sp³-hybridized carbons (Fsp3) is 0.538. The monoisotopic (exact) mass is 292 g/mol. The predicted molar refractivity (Wildman–Crippen MR) is 69.5 cm³/mol. The van der Waals surface area contributed by atoms with Crippen molar-refractivity contribution in [3.05, 3.63) is 29.8 Å². The number of rotatable bonds is 7. The van der Waals surface area contributed by atoms with Gasteiger partial charge in [0.25, 0.3) is 0 Å². The topological polar surface area (TPSA) is 44.7 Å². The molecule has 0 aliphatic rings. The number of nitrogens with one attached hydrogen (secondary N) is 1. The van der Waals surface area contributed by atoms with Crippen molar-refractivity contribution in [3.63, 3.8) is 0 Å². The Morgan fingerprint density at radius 2 is 2.05 bits per heavy atom. The molecule has 0 aliphatic heterocycles. The molecule has 0 amide bonds. The third kappa shape index (κ3) is 6.23. The molecule has 0 bridgehead atoms. The summed E-state index contributed by atoms with van der Waals surface area (Å²) in [5.74, 6) is -0.289. The molecule has 1 aromatic carbocycles. The van der Waals surface area contributed by atoms with Gasteiger partial charge >= 0.3 is 6.36 Å². The van der Waals surface area contributed by atoms with Crippen LogP contribution in [0.25, 0.3) is 0 Å². The number of benzene rings is 1. The fourth-order valence-electron chi connectivity index (χ4n) is 1.68. The largest absolute Gasteiger partial charge is 0.573 e. The molecule has 0 radical (unpaired) electrons. The molecule has 1 aromatic rings. The number of alkyl halides is 3. The molecule has 0 aromatic heterocycles. The van der Waals surface area contributed by atoms with Crippen molar-refractivity contribution in [2.24, 2.45) is 0 Å². The van der Waals surface area contributed by atoms with Crippen LogP contribution in [0.2, 0.25) is 0 Å². The van der Waals surface area contributed by atoms with Crippen LogP contribution < -0.4 is 10.1 Å². The number of likely N-dealkylation sites (N-methyl/N-ethyl adjacent to an activating group) is 1. The zero-order valence-electron chi connectivity index (χ0n) is 11.4. The second kappa shape index (κ2) is 7.47. The van der Waals surface area contributed by atoms with Gasteiger partial charge in [0.05, 0.1) is 12.6 Å². The Morgan fingerprint density at radius 1 is 1.35 bits per heavy atom. The molecule has 114 valence electrons. The van der Waals surface area contributed by atoms with Gasteiger partial charge in [0.1, 0.15) is 5.75 Å². The summed E-state index contributed by atoms with van der Waals surface area (Å²) in [7, 11) is 3.82. The molecule has 0 heterocycles. The Kier molecular flexibility index (Phi) is 6.25. The Morgan fingerprint density at radius 3 is 2.60 bits per heavy atom. The van der Waals surface area contributed by atoms with Gasteiger partial charge < -0.3 is 20.1 Å². The van der Waals surface area contributed by atoms with Gasteiger partial charge in [-0.05, 0) is 31.8 Å². The van der Waals surface area contributed by atoms with E-state index in [4.69, 9.17) is 0 Å². The average molecular weight is 292 g/mol. The second-order valence-electron chi connectivity index (χ2n) is 4.61. The van der Waals surface area contributed by atoms with Crippen molar-refractivity contribution in [1.82, 2.24) is 10.2 Å². The van der Waals surface area contributed by atoms with Crippen LogP contribution in [-0.4, -0.2) is 50.2 Å². The molecule has 2 N–H and O–H groups in total. The Balaban J connectivity index is 2.70. The van der Waals surface area contributed by atoms with Gasteiger partial charge in [-0.3, -0.25) is 0 Å². The minimum Gasteiger partial charge on any atom is -0.406 e. The number of hydrogen-bond donors (Lipinski definition) is 2. The summed E-state index contributed by atoms with van der Waals surface area (Å²) >= 11 is 0. The van der Waals surface area contributed by atoms with Gasteiger partial charge in [-0.1, -0.05) is 12.1 Å². The molecule has 20 heavy (non-hydrogen) atoms. The first kappa shape index (κ1) is 16.7. The molecule has 0 saturated heterocycles. The third-order valence-corrected chi connectivity index (χ3v) is 2.63. The molecule has 0 spiro atoms. The summed E-state index contributed by atoms with van der Waals surface area (Å²) in [6, 6.07) is 5.19. The van der Waals surface area contributed by atoms with E-state index >= 15 is 0 Å². The predicted octanol–water partition coefficient (Wildman–Crippen LogP) is 1.77. The van der Waals surface area contributed by atoms with E-state index in [1.165, 1.54) is 18.2 Å². The van der Waals surface area contributed by atoms with E-state index in [0.29, 0.717) is 12.1 Å². The SMILES string of the molecule is CN(C)CCNC(CO)c1cccc(OC(F)(F)F)c1. The van der Waals surface area contributed by atoms with E-state index in [9.17, 15) is 18.3 Å². The number of aliphatic hydroxyl groups is 1. The van der Waals surface area contributed by atoms with E-state index < -0.39 is 12.4 Å². The van der Waals surface area contributed by atoms with Gasteiger partial charge in [0.2, 0.25) is 0 Å². The van der Waals surface area contributed by atoms with E-state index in [1.54, 1.807) is 6.07 Å². The van der Waals surface area contributed by atoms with Gasteiger partial charge in [-0.2, -0.15) is 0 Å². The first-order valence-corrected chi connectivity index (χ1v) is 6.16. The standard InChI is InChI=1S/C13H19F3N2O2/c1-18(2)7-6-17-12(9-19)10-4-3-5-11(8-10)20-13(14,15)16/h3-5,8,12,17,19H,6-7,9H2,1-2H3. The molecule has 0 saturated carbocycles. The molecule has 1 unspecified atom stereocenters. The lowest BCUT2D eigenvalue weighted by Crippen LogP contribution is -2.31. The number of aliphatic hydroxyl groups excluding tert-OH is 1. The average Bonchev–Trinajstić information content (AvgIpc) is 2.32. The fourth-order valence-corrected chi connectivity index (χ4v) is 1.68. The Bertz CT molecular complexity index is 411. The first-order chi connectivity index (χ1) is 9.31. The minimum atomic E-state index is -4.72. The summed E-state index contributed by atoms with van der Waals surface area (Å²) in [6.07, 6.45) is -4.72. The van der Waals surface area contributed by atoms with Crippen molar-refractivity contribution in [1.29, 1.82) is 0 Å². The number of ether oxygens (including phenoxy) is 1. The van der Waals surface area contributed by atoms with Crippen LogP contribution in [-0.2, 0) is 0 Å². The molecule has 0 fully saturated rings. The van der Waals surface area contributed by atoms with Gasteiger partial charge in [0, 0.05) is 13.1 Å². The summed E-state index contributed by atoms with van der Waals surface area (Å²) in [6.45, 7) is 1.17. The highest BCUT2D eigenvalue weighted by Gasteiger charge is 2.31. The van der Waals surface area contributed by atoms with Crippen molar-refractivity contribution in [3.8, 4) is 5.75 Å². The smallest absolute Gasteiger partial charge is 0.406 e. The minimum absolute atomic E-state index is 0.205. The highest BCUT2D eigenvalue weighted by atomic mass is 19.4.